The van der Waals surface area contributed by atoms with E-state index in [0.29, 0.717) is 6.04 Å². The second-order valence-electron chi connectivity index (χ2n) is 7.01. The zero-order valence-corrected chi connectivity index (χ0v) is 15.6. The fourth-order valence-corrected chi connectivity index (χ4v) is 4.47. The summed E-state index contributed by atoms with van der Waals surface area (Å²) in [5, 5.41) is 0. The highest BCUT2D eigenvalue weighted by molar-refractivity contribution is 9.10. The van der Waals surface area contributed by atoms with E-state index in [1.54, 1.807) is 0 Å². The minimum atomic E-state index is 0.614. The maximum absolute atomic E-state index is 4.53. The van der Waals surface area contributed by atoms with Gasteiger partial charge in [0.1, 0.15) is 0 Å². The van der Waals surface area contributed by atoms with E-state index in [1.807, 2.05) is 19.3 Å². The van der Waals surface area contributed by atoms with Crippen LogP contribution >= 0.6 is 15.9 Å². The Labute approximate surface area is 152 Å². The second-order valence-corrected chi connectivity index (χ2v) is 7.93. The Morgan fingerprint density at radius 3 is 2.75 bits per heavy atom. The average molecular weight is 387 g/mol. The SMILES string of the molecule is Cc1cnc(N2CCC3CCN(Cc4cccc(Br)c4)C3C2)nc1. The van der Waals surface area contributed by atoms with Crippen molar-refractivity contribution >= 4 is 21.9 Å². The number of rotatable bonds is 3. The van der Waals surface area contributed by atoms with E-state index >= 15 is 0 Å². The van der Waals surface area contributed by atoms with E-state index in [-0.39, 0.29) is 0 Å². The van der Waals surface area contributed by atoms with Gasteiger partial charge in [0.25, 0.3) is 0 Å². The van der Waals surface area contributed by atoms with Gasteiger partial charge in [0.15, 0.2) is 0 Å². The highest BCUT2D eigenvalue weighted by Crippen LogP contribution is 2.33. The molecule has 1 aromatic carbocycles. The third-order valence-electron chi connectivity index (χ3n) is 5.30. The highest BCUT2D eigenvalue weighted by atomic mass is 79.9. The van der Waals surface area contributed by atoms with Gasteiger partial charge in [-0.2, -0.15) is 0 Å². The molecule has 24 heavy (non-hydrogen) atoms. The number of halogens is 1. The predicted octanol–water partition coefficient (Wildman–Crippen LogP) is 3.65. The normalized spacial score (nSPS) is 24.2. The summed E-state index contributed by atoms with van der Waals surface area (Å²) in [5.41, 5.74) is 2.50. The van der Waals surface area contributed by atoms with Gasteiger partial charge in [-0.1, -0.05) is 28.1 Å². The lowest BCUT2D eigenvalue weighted by Gasteiger charge is -2.38. The summed E-state index contributed by atoms with van der Waals surface area (Å²) >= 11 is 3.58. The first-order chi connectivity index (χ1) is 11.7. The van der Waals surface area contributed by atoms with Crippen LogP contribution in [-0.2, 0) is 6.54 Å². The molecular formula is C19H23BrN4. The van der Waals surface area contributed by atoms with Crippen molar-refractivity contribution in [1.82, 2.24) is 14.9 Å². The Bertz CT molecular complexity index is 703. The molecule has 0 radical (unpaired) electrons. The van der Waals surface area contributed by atoms with Gasteiger partial charge < -0.3 is 4.90 Å². The molecule has 2 saturated heterocycles. The number of nitrogens with zero attached hydrogens (tertiary/aromatic N) is 4. The number of piperidine rings is 1. The fraction of sp³-hybridized carbons (Fsp3) is 0.474. The molecule has 0 saturated carbocycles. The first kappa shape index (κ1) is 16.0. The molecule has 1 aromatic heterocycles. The van der Waals surface area contributed by atoms with Crippen molar-refractivity contribution in [1.29, 1.82) is 0 Å². The van der Waals surface area contributed by atoms with Gasteiger partial charge in [-0.25, -0.2) is 9.97 Å². The molecule has 5 heteroatoms. The van der Waals surface area contributed by atoms with Crippen molar-refractivity contribution in [2.24, 2.45) is 5.92 Å². The minimum absolute atomic E-state index is 0.614. The lowest BCUT2D eigenvalue weighted by molar-refractivity contribution is 0.200. The molecule has 0 spiro atoms. The van der Waals surface area contributed by atoms with E-state index in [9.17, 15) is 0 Å². The lowest BCUT2D eigenvalue weighted by Crippen LogP contribution is -2.48. The summed E-state index contributed by atoms with van der Waals surface area (Å²) in [6.45, 7) is 6.39. The van der Waals surface area contributed by atoms with E-state index in [1.165, 1.54) is 24.9 Å². The Balaban J connectivity index is 1.48. The van der Waals surface area contributed by atoms with Crippen LogP contribution in [-0.4, -0.2) is 40.5 Å². The molecule has 2 aromatic rings. The zero-order chi connectivity index (χ0) is 16.5. The largest absolute Gasteiger partial charge is 0.339 e. The van der Waals surface area contributed by atoms with Crippen molar-refractivity contribution in [3.8, 4) is 0 Å². The number of hydrogen-bond acceptors (Lipinski definition) is 4. The van der Waals surface area contributed by atoms with E-state index < -0.39 is 0 Å². The predicted molar refractivity (Wildman–Crippen MR) is 100 cm³/mol. The quantitative estimate of drug-likeness (QED) is 0.805. The number of anilines is 1. The van der Waals surface area contributed by atoms with Crippen LogP contribution in [0.15, 0.2) is 41.1 Å². The maximum atomic E-state index is 4.53. The lowest BCUT2D eigenvalue weighted by atomic mass is 9.92. The summed E-state index contributed by atoms with van der Waals surface area (Å²) in [7, 11) is 0. The molecule has 3 heterocycles. The summed E-state index contributed by atoms with van der Waals surface area (Å²) < 4.78 is 1.16. The fourth-order valence-electron chi connectivity index (χ4n) is 4.02. The molecule has 126 valence electrons. The Morgan fingerprint density at radius 2 is 1.96 bits per heavy atom. The zero-order valence-electron chi connectivity index (χ0n) is 14.0. The monoisotopic (exact) mass is 386 g/mol. The summed E-state index contributed by atoms with van der Waals surface area (Å²) in [6.07, 6.45) is 6.41. The van der Waals surface area contributed by atoms with Crippen LogP contribution in [0.4, 0.5) is 5.95 Å². The minimum Gasteiger partial charge on any atom is -0.339 e. The molecule has 0 aliphatic carbocycles. The molecule has 0 bridgehead atoms. The summed E-state index contributed by atoms with van der Waals surface area (Å²) in [5.74, 6) is 1.70. The van der Waals surface area contributed by atoms with Crippen LogP contribution in [0.3, 0.4) is 0 Å². The Kier molecular flexibility index (Phi) is 4.55. The molecule has 2 aliphatic heterocycles. The molecule has 0 amide bonds. The summed E-state index contributed by atoms with van der Waals surface area (Å²) in [4.78, 5) is 14.1. The number of fused-ring (bicyclic) bond motifs is 1. The van der Waals surface area contributed by atoms with E-state index in [4.69, 9.17) is 0 Å². The standard InChI is InChI=1S/C19H23BrN4/c1-14-10-21-19(22-11-14)24-8-6-16-5-7-23(18(16)13-24)12-15-3-2-4-17(20)9-15/h2-4,9-11,16,18H,5-8,12-13H2,1H3. The van der Waals surface area contributed by atoms with Gasteiger partial charge in [0.2, 0.25) is 5.95 Å². The maximum Gasteiger partial charge on any atom is 0.225 e. The third-order valence-corrected chi connectivity index (χ3v) is 5.80. The highest BCUT2D eigenvalue weighted by Gasteiger charge is 2.38. The molecular weight excluding hydrogens is 364 g/mol. The molecule has 2 fully saturated rings. The molecule has 4 nitrogen and oxygen atoms in total. The number of likely N-dealkylation sites (tertiary alicyclic amines) is 1. The molecule has 2 aliphatic rings. The van der Waals surface area contributed by atoms with Crippen molar-refractivity contribution in [3.63, 3.8) is 0 Å². The first-order valence-corrected chi connectivity index (χ1v) is 9.50. The van der Waals surface area contributed by atoms with Crippen molar-refractivity contribution in [3.05, 3.63) is 52.3 Å². The van der Waals surface area contributed by atoms with Crippen LogP contribution in [0.5, 0.6) is 0 Å². The van der Waals surface area contributed by atoms with Crippen LogP contribution in [0.25, 0.3) is 0 Å². The Morgan fingerprint density at radius 1 is 1.17 bits per heavy atom. The smallest absolute Gasteiger partial charge is 0.225 e. The molecule has 2 unspecified atom stereocenters. The molecule has 4 rings (SSSR count). The van der Waals surface area contributed by atoms with Gasteiger partial charge in [0.05, 0.1) is 0 Å². The van der Waals surface area contributed by atoms with Crippen LogP contribution in [0.2, 0.25) is 0 Å². The van der Waals surface area contributed by atoms with E-state index in [0.717, 1.165) is 41.5 Å². The second kappa shape index (κ2) is 6.81. The molecule has 0 N–H and O–H groups in total. The third kappa shape index (κ3) is 3.33. The van der Waals surface area contributed by atoms with Gasteiger partial charge in [-0.05, 0) is 55.5 Å². The van der Waals surface area contributed by atoms with Crippen molar-refractivity contribution < 1.29 is 0 Å². The summed E-state index contributed by atoms with van der Waals surface area (Å²) in [6, 6.07) is 9.29. The Hall–Kier alpha value is -1.46. The van der Waals surface area contributed by atoms with Crippen LogP contribution < -0.4 is 4.90 Å². The topological polar surface area (TPSA) is 32.3 Å². The number of benzene rings is 1. The van der Waals surface area contributed by atoms with Gasteiger partial charge in [0, 0.05) is 42.5 Å². The van der Waals surface area contributed by atoms with Gasteiger partial charge in [-0.3, -0.25) is 4.90 Å². The van der Waals surface area contributed by atoms with Crippen LogP contribution in [0, 0.1) is 12.8 Å². The number of hydrogen-bond donors (Lipinski definition) is 0. The number of aryl methyl sites for hydroxylation is 1. The molecule has 2 atom stereocenters. The van der Waals surface area contributed by atoms with Crippen LogP contribution in [0.1, 0.15) is 24.0 Å². The average Bonchev–Trinajstić information content (AvgIpc) is 2.98. The first-order valence-electron chi connectivity index (χ1n) is 8.71. The van der Waals surface area contributed by atoms with E-state index in [2.05, 4.69) is 60.0 Å². The van der Waals surface area contributed by atoms with Crippen molar-refractivity contribution in [2.45, 2.75) is 32.4 Å². The number of aromatic nitrogens is 2. The van der Waals surface area contributed by atoms with Crippen molar-refractivity contribution in [2.75, 3.05) is 24.5 Å². The van der Waals surface area contributed by atoms with Gasteiger partial charge >= 0.3 is 0 Å². The van der Waals surface area contributed by atoms with Gasteiger partial charge in [-0.15, -0.1) is 0 Å².